The molecule has 1 aromatic rings. The van der Waals surface area contributed by atoms with Gasteiger partial charge >= 0.3 is 0 Å². The van der Waals surface area contributed by atoms with E-state index < -0.39 is 5.41 Å². The second-order valence-corrected chi connectivity index (χ2v) is 6.28. The number of guanidine groups is 1. The molecule has 1 rings (SSSR count). The molecule has 0 radical (unpaired) electrons. The second kappa shape index (κ2) is 9.74. The first-order chi connectivity index (χ1) is 12.3. The van der Waals surface area contributed by atoms with Gasteiger partial charge in [0, 0.05) is 27.2 Å². The normalized spacial score (nSPS) is 11.6. The number of aliphatic imine (C=N–C) groups is 1. The largest absolute Gasteiger partial charge is 0.493 e. The molecule has 0 aromatic heterocycles. The molecule has 0 aliphatic heterocycles. The van der Waals surface area contributed by atoms with Crippen LogP contribution in [0.15, 0.2) is 17.1 Å². The molecule has 0 spiro atoms. The van der Waals surface area contributed by atoms with Crippen LogP contribution in [0.3, 0.4) is 0 Å². The van der Waals surface area contributed by atoms with Crippen LogP contribution in [-0.2, 0) is 11.3 Å². The molecule has 0 bridgehead atoms. The zero-order valence-electron chi connectivity index (χ0n) is 16.6. The molecule has 1 amide bonds. The number of nitrogens with zero attached hydrogens (tertiary/aromatic N) is 1. The molecule has 26 heavy (non-hydrogen) atoms. The van der Waals surface area contributed by atoms with Crippen LogP contribution in [0.1, 0.15) is 19.4 Å². The Morgan fingerprint density at radius 1 is 1.08 bits per heavy atom. The molecule has 0 aliphatic carbocycles. The van der Waals surface area contributed by atoms with Gasteiger partial charge in [-0.2, -0.15) is 0 Å². The summed E-state index contributed by atoms with van der Waals surface area (Å²) in [6.07, 6.45) is 0. The Morgan fingerprint density at radius 3 is 2.08 bits per heavy atom. The molecular formula is C18H30N4O4. The maximum absolute atomic E-state index is 11.9. The highest BCUT2D eigenvalue weighted by Gasteiger charge is 2.26. The van der Waals surface area contributed by atoms with Crippen LogP contribution in [0.5, 0.6) is 17.2 Å². The van der Waals surface area contributed by atoms with Crippen molar-refractivity contribution in [3.63, 3.8) is 0 Å². The first-order valence-electron chi connectivity index (χ1n) is 8.28. The minimum absolute atomic E-state index is 0.0370. The van der Waals surface area contributed by atoms with Crippen molar-refractivity contribution in [2.24, 2.45) is 10.4 Å². The van der Waals surface area contributed by atoms with E-state index in [0.29, 0.717) is 36.3 Å². The van der Waals surface area contributed by atoms with Gasteiger partial charge in [0.25, 0.3) is 0 Å². The van der Waals surface area contributed by atoms with Crippen LogP contribution in [0.4, 0.5) is 0 Å². The highest BCUT2D eigenvalue weighted by molar-refractivity contribution is 5.84. The summed E-state index contributed by atoms with van der Waals surface area (Å²) in [7, 11) is 8.03. The molecule has 0 saturated carbocycles. The fourth-order valence-electron chi connectivity index (χ4n) is 2.37. The molecule has 3 N–H and O–H groups in total. The van der Waals surface area contributed by atoms with Crippen LogP contribution < -0.4 is 30.2 Å². The monoisotopic (exact) mass is 366 g/mol. The lowest BCUT2D eigenvalue weighted by Crippen LogP contribution is -2.47. The zero-order valence-corrected chi connectivity index (χ0v) is 16.6. The number of nitrogens with one attached hydrogen (secondary N) is 3. The summed E-state index contributed by atoms with van der Waals surface area (Å²) in [5.41, 5.74) is 0.381. The standard InChI is InChI=1S/C18H30N4O4/c1-18(2,16(23)19-3)11-22-17(20-4)21-10-12-8-13(24-5)15(26-7)14(9-12)25-6/h8-9H,10-11H2,1-7H3,(H,19,23)(H2,20,21,22). The van der Waals surface area contributed by atoms with E-state index in [1.54, 1.807) is 35.4 Å². The molecule has 1 aromatic carbocycles. The number of ether oxygens (including phenoxy) is 3. The number of carbonyl (C=O) groups excluding carboxylic acids is 1. The lowest BCUT2D eigenvalue weighted by atomic mass is 9.92. The number of rotatable bonds is 8. The number of benzene rings is 1. The van der Waals surface area contributed by atoms with Crippen molar-refractivity contribution in [2.45, 2.75) is 20.4 Å². The third-order valence-electron chi connectivity index (χ3n) is 3.95. The van der Waals surface area contributed by atoms with Crippen molar-refractivity contribution in [3.05, 3.63) is 17.7 Å². The summed E-state index contributed by atoms with van der Waals surface area (Å²) in [6.45, 7) is 4.68. The van der Waals surface area contributed by atoms with E-state index >= 15 is 0 Å². The van der Waals surface area contributed by atoms with Crippen molar-refractivity contribution in [3.8, 4) is 17.2 Å². The van der Waals surface area contributed by atoms with E-state index in [1.807, 2.05) is 26.0 Å². The highest BCUT2D eigenvalue weighted by Crippen LogP contribution is 2.38. The van der Waals surface area contributed by atoms with Crippen LogP contribution in [0.2, 0.25) is 0 Å². The first-order valence-corrected chi connectivity index (χ1v) is 8.28. The average Bonchev–Trinajstić information content (AvgIpc) is 2.66. The second-order valence-electron chi connectivity index (χ2n) is 6.28. The molecular weight excluding hydrogens is 336 g/mol. The SMILES string of the molecule is CN=C(NCc1cc(OC)c(OC)c(OC)c1)NCC(C)(C)C(=O)NC. The van der Waals surface area contributed by atoms with Gasteiger partial charge in [0.1, 0.15) is 0 Å². The average molecular weight is 366 g/mol. The lowest BCUT2D eigenvalue weighted by molar-refractivity contribution is -0.128. The number of carbonyl (C=O) groups is 1. The molecule has 0 unspecified atom stereocenters. The molecule has 0 heterocycles. The topological polar surface area (TPSA) is 93.2 Å². The van der Waals surface area contributed by atoms with Crippen LogP contribution in [0, 0.1) is 5.41 Å². The summed E-state index contributed by atoms with van der Waals surface area (Å²) in [5, 5.41) is 9.04. The van der Waals surface area contributed by atoms with E-state index in [4.69, 9.17) is 14.2 Å². The first kappa shape index (κ1) is 21.4. The van der Waals surface area contributed by atoms with Gasteiger partial charge in [-0.05, 0) is 31.5 Å². The number of hydrogen-bond acceptors (Lipinski definition) is 5. The van der Waals surface area contributed by atoms with Gasteiger partial charge < -0.3 is 30.2 Å². The quantitative estimate of drug-likeness (QED) is 0.472. The van der Waals surface area contributed by atoms with Gasteiger partial charge in [-0.1, -0.05) is 0 Å². The van der Waals surface area contributed by atoms with E-state index in [-0.39, 0.29) is 5.91 Å². The minimum atomic E-state index is -0.557. The number of methoxy groups -OCH3 is 3. The van der Waals surface area contributed by atoms with Crippen LogP contribution >= 0.6 is 0 Å². The van der Waals surface area contributed by atoms with Crippen LogP contribution in [-0.4, -0.2) is 53.8 Å². The van der Waals surface area contributed by atoms with E-state index in [2.05, 4.69) is 20.9 Å². The van der Waals surface area contributed by atoms with Crippen molar-refractivity contribution in [2.75, 3.05) is 42.0 Å². The van der Waals surface area contributed by atoms with Gasteiger partial charge in [-0.15, -0.1) is 0 Å². The van der Waals surface area contributed by atoms with E-state index in [0.717, 1.165) is 5.56 Å². The summed E-state index contributed by atoms with van der Waals surface area (Å²) in [6, 6.07) is 3.74. The van der Waals surface area contributed by atoms with Crippen molar-refractivity contribution < 1.29 is 19.0 Å². The van der Waals surface area contributed by atoms with Gasteiger partial charge in [0.15, 0.2) is 17.5 Å². The molecule has 8 heteroatoms. The third-order valence-corrected chi connectivity index (χ3v) is 3.95. The Kier molecular flexibility index (Phi) is 8.02. The molecule has 0 atom stereocenters. The summed E-state index contributed by atoms with van der Waals surface area (Å²) in [5.74, 6) is 2.29. The number of amides is 1. The molecule has 146 valence electrons. The zero-order chi connectivity index (χ0) is 19.7. The lowest BCUT2D eigenvalue weighted by Gasteiger charge is -2.24. The fraction of sp³-hybridized carbons (Fsp3) is 0.556. The molecule has 8 nitrogen and oxygen atoms in total. The maximum atomic E-state index is 11.9. The molecule has 0 saturated heterocycles. The van der Waals surface area contributed by atoms with Gasteiger partial charge in [-0.3, -0.25) is 9.79 Å². The third kappa shape index (κ3) is 5.44. The minimum Gasteiger partial charge on any atom is -0.493 e. The summed E-state index contributed by atoms with van der Waals surface area (Å²) in [4.78, 5) is 16.0. The van der Waals surface area contributed by atoms with Crippen molar-refractivity contribution >= 4 is 11.9 Å². The van der Waals surface area contributed by atoms with Crippen LogP contribution in [0.25, 0.3) is 0 Å². The Morgan fingerprint density at radius 2 is 1.65 bits per heavy atom. The molecule has 0 aliphatic rings. The summed E-state index contributed by atoms with van der Waals surface area (Å²) < 4.78 is 16.0. The maximum Gasteiger partial charge on any atom is 0.227 e. The Bertz CT molecular complexity index is 619. The van der Waals surface area contributed by atoms with Gasteiger partial charge in [0.2, 0.25) is 11.7 Å². The van der Waals surface area contributed by atoms with Crippen molar-refractivity contribution in [1.82, 2.24) is 16.0 Å². The van der Waals surface area contributed by atoms with Gasteiger partial charge in [-0.25, -0.2) is 0 Å². The Balaban J connectivity index is 2.79. The highest BCUT2D eigenvalue weighted by atomic mass is 16.5. The molecule has 0 fully saturated rings. The smallest absolute Gasteiger partial charge is 0.227 e. The Hall–Kier alpha value is -2.64. The predicted molar refractivity (Wildman–Crippen MR) is 102 cm³/mol. The van der Waals surface area contributed by atoms with Crippen molar-refractivity contribution in [1.29, 1.82) is 0 Å². The number of hydrogen-bond donors (Lipinski definition) is 3. The fourth-order valence-corrected chi connectivity index (χ4v) is 2.37. The van der Waals surface area contributed by atoms with E-state index in [1.165, 1.54) is 0 Å². The predicted octanol–water partition coefficient (Wildman–Crippen LogP) is 1.15. The van der Waals surface area contributed by atoms with Gasteiger partial charge in [0.05, 0.1) is 26.7 Å². The Labute approximate surface area is 155 Å². The van der Waals surface area contributed by atoms with E-state index in [9.17, 15) is 4.79 Å². The summed E-state index contributed by atoms with van der Waals surface area (Å²) >= 11 is 0.